The number of hydrogen-bond donors (Lipinski definition) is 1. The summed E-state index contributed by atoms with van der Waals surface area (Å²) in [5, 5.41) is 7.89. The first kappa shape index (κ1) is 22.7. The van der Waals surface area contributed by atoms with Crippen LogP contribution in [0.15, 0.2) is 65.2 Å². The zero-order valence-electron chi connectivity index (χ0n) is 18.2. The highest BCUT2D eigenvalue weighted by molar-refractivity contribution is 6.33. The molecule has 6 nitrogen and oxygen atoms in total. The molecule has 0 radical (unpaired) electrons. The molecule has 4 rings (SSSR count). The van der Waals surface area contributed by atoms with Crippen molar-refractivity contribution in [3.63, 3.8) is 0 Å². The smallest absolute Gasteiger partial charge is 0.222 e. The molecule has 0 aliphatic heterocycles. The second-order valence-corrected chi connectivity index (χ2v) is 8.21. The summed E-state index contributed by atoms with van der Waals surface area (Å²) in [4.78, 5) is 18.5. The van der Waals surface area contributed by atoms with Gasteiger partial charge in [0.15, 0.2) is 11.7 Å². The lowest BCUT2D eigenvalue weighted by Crippen LogP contribution is -2.28. The van der Waals surface area contributed by atoms with E-state index in [1.807, 2.05) is 24.3 Å². The van der Waals surface area contributed by atoms with Gasteiger partial charge in [0.05, 0.1) is 16.9 Å². The molecular weight excluding hydrogens is 443 g/mol. The number of benzene rings is 2. The van der Waals surface area contributed by atoms with Gasteiger partial charge >= 0.3 is 0 Å². The van der Waals surface area contributed by atoms with Crippen LogP contribution in [0.25, 0.3) is 22.6 Å². The van der Waals surface area contributed by atoms with Crippen molar-refractivity contribution in [3.8, 4) is 22.6 Å². The van der Waals surface area contributed by atoms with Gasteiger partial charge in [0.25, 0.3) is 0 Å². The Morgan fingerprint density at radius 2 is 1.94 bits per heavy atom. The third kappa shape index (κ3) is 5.87. The van der Waals surface area contributed by atoms with E-state index >= 15 is 0 Å². The monoisotopic (exact) mass is 466 g/mol. The number of amides is 1. The maximum absolute atomic E-state index is 13.1. The van der Waals surface area contributed by atoms with E-state index in [0.717, 1.165) is 35.4 Å². The first-order valence-electron chi connectivity index (χ1n) is 10.7. The Morgan fingerprint density at radius 3 is 2.73 bits per heavy atom. The van der Waals surface area contributed by atoms with Crippen LogP contribution in [0.4, 0.5) is 4.39 Å². The molecule has 0 atom stereocenters. The standard InChI is InChI=1S/C25H24ClFN4O2/c1-31(14-4-5-19-15-22(30-29-19)17-8-10-18(27)11-9-17)25(32)13-12-24-28-16-23(33-24)20-6-2-3-7-21(20)26/h2-3,6-11,15-16H,4-5,12-14H2,1H3,(H,29,30). The van der Waals surface area contributed by atoms with Gasteiger partial charge in [-0.25, -0.2) is 9.37 Å². The lowest BCUT2D eigenvalue weighted by molar-refractivity contribution is -0.130. The number of aromatic amines is 1. The molecule has 0 saturated carbocycles. The highest BCUT2D eigenvalue weighted by Gasteiger charge is 2.13. The summed E-state index contributed by atoms with van der Waals surface area (Å²) >= 11 is 6.20. The fourth-order valence-electron chi connectivity index (χ4n) is 3.51. The Labute approximate surface area is 196 Å². The first-order valence-corrected chi connectivity index (χ1v) is 11.1. The molecule has 1 amide bonds. The summed E-state index contributed by atoms with van der Waals surface area (Å²) in [7, 11) is 1.80. The number of hydrogen-bond acceptors (Lipinski definition) is 4. The van der Waals surface area contributed by atoms with E-state index in [0.29, 0.717) is 36.1 Å². The molecule has 0 saturated heterocycles. The average molecular weight is 467 g/mol. The molecule has 33 heavy (non-hydrogen) atoms. The Kier molecular flexibility index (Phi) is 7.19. The zero-order chi connectivity index (χ0) is 23.2. The Hall–Kier alpha value is -3.45. The molecule has 0 unspecified atom stereocenters. The van der Waals surface area contributed by atoms with E-state index in [9.17, 15) is 9.18 Å². The predicted molar refractivity (Wildman–Crippen MR) is 125 cm³/mol. The summed E-state index contributed by atoms with van der Waals surface area (Å²) in [6, 6.07) is 15.6. The number of rotatable bonds is 9. The maximum Gasteiger partial charge on any atom is 0.222 e. The van der Waals surface area contributed by atoms with E-state index in [2.05, 4.69) is 15.2 Å². The molecule has 0 spiro atoms. The minimum Gasteiger partial charge on any atom is -0.441 e. The van der Waals surface area contributed by atoms with Crippen molar-refractivity contribution >= 4 is 17.5 Å². The van der Waals surface area contributed by atoms with E-state index in [4.69, 9.17) is 16.0 Å². The molecule has 0 aliphatic rings. The van der Waals surface area contributed by atoms with E-state index in [1.165, 1.54) is 12.1 Å². The van der Waals surface area contributed by atoms with Crippen LogP contribution in [0.1, 0.15) is 24.4 Å². The molecule has 0 bridgehead atoms. The van der Waals surface area contributed by atoms with Gasteiger partial charge in [0.1, 0.15) is 5.82 Å². The van der Waals surface area contributed by atoms with Crippen LogP contribution in [0, 0.1) is 5.82 Å². The van der Waals surface area contributed by atoms with Gasteiger partial charge in [0.2, 0.25) is 5.91 Å². The third-order valence-electron chi connectivity index (χ3n) is 5.38. The topological polar surface area (TPSA) is 75.0 Å². The van der Waals surface area contributed by atoms with Crippen molar-refractivity contribution < 1.29 is 13.6 Å². The van der Waals surface area contributed by atoms with Crippen molar-refractivity contribution in [1.82, 2.24) is 20.1 Å². The van der Waals surface area contributed by atoms with Crippen LogP contribution in [0.2, 0.25) is 5.02 Å². The molecular formula is C25H24ClFN4O2. The van der Waals surface area contributed by atoms with Gasteiger partial charge in [-0.15, -0.1) is 0 Å². The van der Waals surface area contributed by atoms with Gasteiger partial charge in [0, 0.05) is 43.3 Å². The average Bonchev–Trinajstić information content (AvgIpc) is 3.48. The van der Waals surface area contributed by atoms with Crippen LogP contribution < -0.4 is 0 Å². The summed E-state index contributed by atoms with van der Waals surface area (Å²) in [6.07, 6.45) is 3.93. The molecule has 2 heterocycles. The van der Waals surface area contributed by atoms with E-state index in [-0.39, 0.29) is 11.7 Å². The summed E-state index contributed by atoms with van der Waals surface area (Å²) in [5.74, 6) is 0.864. The van der Waals surface area contributed by atoms with Crippen molar-refractivity contribution in [1.29, 1.82) is 0 Å². The summed E-state index contributed by atoms with van der Waals surface area (Å²) < 4.78 is 18.8. The normalized spacial score (nSPS) is 11.0. The summed E-state index contributed by atoms with van der Waals surface area (Å²) in [5.41, 5.74) is 3.39. The van der Waals surface area contributed by atoms with Crippen LogP contribution in [0.3, 0.4) is 0 Å². The van der Waals surface area contributed by atoms with Gasteiger partial charge in [-0.2, -0.15) is 5.10 Å². The number of carbonyl (C=O) groups is 1. The summed E-state index contributed by atoms with van der Waals surface area (Å²) in [6.45, 7) is 0.625. The number of aromatic nitrogens is 3. The van der Waals surface area contributed by atoms with Crippen LogP contribution in [-0.4, -0.2) is 39.6 Å². The highest BCUT2D eigenvalue weighted by Crippen LogP contribution is 2.28. The van der Waals surface area contributed by atoms with Crippen LogP contribution in [0.5, 0.6) is 0 Å². The minimum atomic E-state index is -0.272. The number of nitrogens with zero attached hydrogens (tertiary/aromatic N) is 3. The number of H-pyrrole nitrogens is 1. The zero-order valence-corrected chi connectivity index (χ0v) is 19.0. The maximum atomic E-state index is 13.1. The Morgan fingerprint density at radius 1 is 1.15 bits per heavy atom. The van der Waals surface area contributed by atoms with Gasteiger partial charge in [-0.1, -0.05) is 23.7 Å². The van der Waals surface area contributed by atoms with Crippen molar-refractivity contribution in [3.05, 3.63) is 83.2 Å². The Balaban J connectivity index is 1.22. The molecule has 1 N–H and O–H groups in total. The van der Waals surface area contributed by atoms with Crippen LogP contribution in [-0.2, 0) is 17.6 Å². The van der Waals surface area contributed by atoms with Gasteiger partial charge < -0.3 is 9.32 Å². The largest absolute Gasteiger partial charge is 0.441 e. The van der Waals surface area contributed by atoms with E-state index in [1.54, 1.807) is 36.3 Å². The second-order valence-electron chi connectivity index (χ2n) is 7.80. The number of aryl methyl sites for hydroxylation is 2. The molecule has 4 aromatic rings. The number of halogens is 2. The van der Waals surface area contributed by atoms with Gasteiger partial charge in [-0.05, 0) is 55.3 Å². The quantitative estimate of drug-likeness (QED) is 0.351. The highest BCUT2D eigenvalue weighted by atomic mass is 35.5. The minimum absolute atomic E-state index is 0.0316. The van der Waals surface area contributed by atoms with Crippen molar-refractivity contribution in [2.75, 3.05) is 13.6 Å². The number of nitrogens with one attached hydrogen (secondary N) is 1. The predicted octanol–water partition coefficient (Wildman–Crippen LogP) is 5.55. The molecule has 0 aliphatic carbocycles. The Bertz CT molecular complexity index is 1220. The molecule has 170 valence electrons. The first-order chi connectivity index (χ1) is 16.0. The lowest BCUT2D eigenvalue weighted by Gasteiger charge is -2.16. The lowest BCUT2D eigenvalue weighted by atomic mass is 10.1. The SMILES string of the molecule is CN(CCCc1cc(-c2ccc(F)cc2)n[nH]1)C(=O)CCc1ncc(-c2ccccc2Cl)o1. The number of carbonyl (C=O) groups excluding carboxylic acids is 1. The fourth-order valence-corrected chi connectivity index (χ4v) is 3.73. The molecule has 0 fully saturated rings. The molecule has 2 aromatic heterocycles. The molecule has 8 heteroatoms. The van der Waals surface area contributed by atoms with Crippen molar-refractivity contribution in [2.24, 2.45) is 0 Å². The van der Waals surface area contributed by atoms with Crippen molar-refractivity contribution in [2.45, 2.75) is 25.7 Å². The van der Waals surface area contributed by atoms with Gasteiger partial charge in [-0.3, -0.25) is 9.89 Å². The number of oxazole rings is 1. The fraction of sp³-hybridized carbons (Fsp3) is 0.240. The van der Waals surface area contributed by atoms with Crippen LogP contribution >= 0.6 is 11.6 Å². The third-order valence-corrected chi connectivity index (χ3v) is 5.71. The second kappa shape index (κ2) is 10.4. The van der Waals surface area contributed by atoms with E-state index < -0.39 is 0 Å². The molecule has 2 aromatic carbocycles.